The van der Waals surface area contributed by atoms with E-state index in [2.05, 4.69) is 0 Å². The fourth-order valence-electron chi connectivity index (χ4n) is 5.14. The average molecular weight is 715 g/mol. The minimum atomic E-state index is -4.55. The molecule has 10 radical (unpaired) electrons. The number of rotatable bonds is 5. The van der Waals surface area contributed by atoms with Crippen LogP contribution in [0.3, 0.4) is 0 Å². The van der Waals surface area contributed by atoms with Crippen LogP contribution >= 0.6 is 15.4 Å². The van der Waals surface area contributed by atoms with Gasteiger partial charge in [0.25, 0.3) is 7.52 Å². The van der Waals surface area contributed by atoms with Gasteiger partial charge >= 0.3 is 29.4 Å². The Morgan fingerprint density at radius 3 is 1.59 bits per heavy atom. The minimum Gasteiger partial charge on any atom is -0.307 e. The normalized spacial score (nSPS) is 24.5. The summed E-state index contributed by atoms with van der Waals surface area (Å²) in [6.45, 7) is 1.90. The number of nitrogens with zero attached hydrogens (tertiary/aromatic N) is 1. The molecule has 6 rings (SSSR count). The van der Waals surface area contributed by atoms with Crippen LogP contribution < -0.4 is 10.6 Å². The van der Waals surface area contributed by atoms with Crippen molar-refractivity contribution in [2.75, 3.05) is 7.05 Å². The van der Waals surface area contributed by atoms with Gasteiger partial charge in [-0.1, -0.05) is 54.6 Å². The van der Waals surface area contributed by atoms with E-state index in [9.17, 15) is 30.9 Å². The molecule has 3 aromatic rings. The third-order valence-corrected chi connectivity index (χ3v) is 13.0. The molecule has 46 heavy (non-hydrogen) atoms. The first kappa shape index (κ1) is 37.2. The second-order valence-electron chi connectivity index (χ2n) is 10.5. The summed E-state index contributed by atoms with van der Waals surface area (Å²) in [4.78, 5) is 0. The average Bonchev–Trinajstić information content (AvgIpc) is 3.79. The number of alkyl halides is 6. The third kappa shape index (κ3) is 8.13. The first-order valence-corrected chi connectivity index (χ1v) is 16.9. The Hall–Kier alpha value is -1.66. The quantitative estimate of drug-likeness (QED) is 0.150. The summed E-state index contributed by atoms with van der Waals surface area (Å²) in [7, 11) is -3.65. The third-order valence-electron chi connectivity index (χ3n) is 7.60. The zero-order valence-corrected chi connectivity index (χ0v) is 27.5. The summed E-state index contributed by atoms with van der Waals surface area (Å²) in [5, 5.41) is 0.938. The van der Waals surface area contributed by atoms with Gasteiger partial charge in [0.15, 0.2) is 0 Å². The molecular weight excluding hydrogens is 686 g/mol. The van der Waals surface area contributed by atoms with E-state index in [4.69, 9.17) is 4.52 Å². The number of likely N-dealkylation sites (N-methyl/N-ethyl adjacent to an activating group) is 1. The fraction of sp³-hybridized carbons (Fsp3) is 0.176. The molecule has 3 fully saturated rings. The van der Waals surface area contributed by atoms with Gasteiger partial charge in [0.05, 0.1) is 16.8 Å². The Kier molecular flexibility index (Phi) is 12.3. The molecular formula is C34H29F6FeNO2P2+2. The molecule has 1 saturated heterocycles. The van der Waals surface area contributed by atoms with Crippen LogP contribution in [0.2, 0.25) is 0 Å². The summed E-state index contributed by atoms with van der Waals surface area (Å²) in [6, 6.07) is 18.2. The van der Waals surface area contributed by atoms with E-state index in [1.807, 2.05) is 69.4 Å². The molecule has 12 heteroatoms. The van der Waals surface area contributed by atoms with Crippen LogP contribution in [0, 0.1) is 62.7 Å². The molecule has 0 amide bonds. The monoisotopic (exact) mass is 715 g/mol. The molecule has 240 valence electrons. The maximum absolute atomic E-state index is 14.6. The fourth-order valence-corrected chi connectivity index (χ4v) is 10.6. The number of benzene rings is 3. The second-order valence-corrected chi connectivity index (χ2v) is 15.0. The topological polar surface area (TPSA) is 29.5 Å². The molecule has 3 atom stereocenters. The smallest absolute Gasteiger partial charge is 0.307 e. The van der Waals surface area contributed by atoms with E-state index >= 15 is 0 Å². The van der Waals surface area contributed by atoms with Crippen LogP contribution in [-0.2, 0) is 38.5 Å². The Morgan fingerprint density at radius 1 is 0.696 bits per heavy atom. The Bertz CT molecular complexity index is 1380. The van der Waals surface area contributed by atoms with E-state index in [1.54, 1.807) is 31.0 Å². The van der Waals surface area contributed by atoms with Gasteiger partial charge in [-0.25, -0.2) is 4.67 Å². The molecule has 2 aliphatic carbocycles. The molecule has 1 aliphatic heterocycles. The molecule has 0 N–H and O–H groups in total. The standard InChI is InChI=1S/C29H24F6NO2P2.C5H5.Fe/c1-19-27(20-7-4-3-5-8-20)38-40(37,36(19)2)26-10-6-9-25(26)39(23-15-11-21(12-16-23)28(30,31)32)24-17-13-22(14-18-24)29(33,34)35;1-2-4-5-3-1;/h3-19,27H,1-2H3;1-5H;/q;;+2/t19-,27-,40-;;/m0../s1. The van der Waals surface area contributed by atoms with E-state index < -0.39 is 45.0 Å². The first-order valence-electron chi connectivity index (χ1n) is 13.9. The van der Waals surface area contributed by atoms with Crippen LogP contribution in [0.1, 0.15) is 29.7 Å². The van der Waals surface area contributed by atoms with E-state index in [1.165, 1.54) is 24.3 Å². The van der Waals surface area contributed by atoms with Gasteiger partial charge in [-0.15, -0.1) is 0 Å². The molecule has 0 bridgehead atoms. The SMILES string of the molecule is C[C@H]1[C@@H](c2ccccc2)O[P@@](=O)([C]2[CH][CH][CH][C]2P(c2ccc(C(F)(F)F)cc2)c2ccc(C(F)(F)F)cc2)N1C.[CH]1[CH][CH][CH][CH]1.[Fe+2]. The van der Waals surface area contributed by atoms with Crippen LogP contribution in [0.25, 0.3) is 0 Å². The van der Waals surface area contributed by atoms with Gasteiger partial charge in [0.2, 0.25) is 0 Å². The molecule has 3 aromatic carbocycles. The summed E-state index contributed by atoms with van der Waals surface area (Å²) < 4.78 is 102. The van der Waals surface area contributed by atoms with Crippen molar-refractivity contribution in [1.82, 2.24) is 4.67 Å². The molecule has 3 nitrogen and oxygen atoms in total. The number of hydrogen-bond acceptors (Lipinski definition) is 2. The molecule has 0 spiro atoms. The largest absolute Gasteiger partial charge is 2.00 e. The molecule has 2 saturated carbocycles. The van der Waals surface area contributed by atoms with E-state index in [0.717, 1.165) is 29.8 Å². The van der Waals surface area contributed by atoms with Crippen molar-refractivity contribution in [3.63, 3.8) is 0 Å². The summed E-state index contributed by atoms with van der Waals surface area (Å²) in [5.41, 5.74) is 0.0947. The van der Waals surface area contributed by atoms with Crippen LogP contribution in [0.15, 0.2) is 78.9 Å². The van der Waals surface area contributed by atoms with Crippen LogP contribution in [0.5, 0.6) is 0 Å². The van der Waals surface area contributed by atoms with E-state index in [-0.39, 0.29) is 23.1 Å². The number of halogens is 6. The summed E-state index contributed by atoms with van der Waals surface area (Å²) in [5.74, 6) is 0. The van der Waals surface area contributed by atoms with Crippen molar-refractivity contribution in [1.29, 1.82) is 0 Å². The number of hydrogen-bond donors (Lipinski definition) is 0. The Labute approximate surface area is 279 Å². The molecule has 0 unspecified atom stereocenters. The van der Waals surface area contributed by atoms with Crippen molar-refractivity contribution in [3.8, 4) is 0 Å². The van der Waals surface area contributed by atoms with Gasteiger partial charge in [-0.05, 0) is 114 Å². The van der Waals surface area contributed by atoms with Gasteiger partial charge in [-0.2, -0.15) is 26.3 Å². The Balaban J connectivity index is 0.000000731. The van der Waals surface area contributed by atoms with Gasteiger partial charge in [-0.3, -0.25) is 4.57 Å². The zero-order chi connectivity index (χ0) is 32.4. The summed E-state index contributed by atoms with van der Waals surface area (Å²) in [6.07, 6.45) is 5.47. The van der Waals surface area contributed by atoms with Crippen LogP contribution in [-0.4, -0.2) is 17.8 Å². The predicted molar refractivity (Wildman–Crippen MR) is 165 cm³/mol. The van der Waals surface area contributed by atoms with Gasteiger partial charge < -0.3 is 4.52 Å². The second kappa shape index (κ2) is 15.3. The van der Waals surface area contributed by atoms with Crippen molar-refractivity contribution < 1.29 is 52.5 Å². The minimum absolute atomic E-state index is 0. The molecule has 3 aliphatic rings. The van der Waals surface area contributed by atoms with Gasteiger partial charge in [0.1, 0.15) is 6.10 Å². The van der Waals surface area contributed by atoms with Crippen molar-refractivity contribution in [3.05, 3.63) is 158 Å². The summed E-state index contributed by atoms with van der Waals surface area (Å²) >= 11 is 0. The maximum atomic E-state index is 14.6. The molecule has 1 heterocycles. The zero-order valence-electron chi connectivity index (χ0n) is 24.6. The van der Waals surface area contributed by atoms with Crippen molar-refractivity contribution in [2.45, 2.75) is 31.4 Å². The van der Waals surface area contributed by atoms with E-state index in [0.29, 0.717) is 21.9 Å². The maximum Gasteiger partial charge on any atom is 2.00 e. The van der Waals surface area contributed by atoms with Gasteiger partial charge in [0, 0.05) is 11.7 Å². The van der Waals surface area contributed by atoms with Crippen molar-refractivity contribution in [2.24, 2.45) is 0 Å². The predicted octanol–water partition coefficient (Wildman–Crippen LogP) is 9.15. The molecule has 0 aromatic heterocycles. The van der Waals surface area contributed by atoms with Crippen molar-refractivity contribution >= 4 is 26.1 Å². The Morgan fingerprint density at radius 2 is 1.15 bits per heavy atom. The van der Waals surface area contributed by atoms with Crippen LogP contribution in [0.4, 0.5) is 26.3 Å². The first-order chi connectivity index (χ1) is 21.3.